The number of carbonyl (C=O) groups is 1. The van der Waals surface area contributed by atoms with Crippen molar-refractivity contribution in [2.24, 2.45) is 5.92 Å². The van der Waals surface area contributed by atoms with Crippen LogP contribution in [0.1, 0.15) is 18.4 Å². The van der Waals surface area contributed by atoms with E-state index in [0.717, 1.165) is 45.0 Å². The number of carbonyl (C=O) groups excluding carboxylic acids is 1. The van der Waals surface area contributed by atoms with E-state index in [-0.39, 0.29) is 12.5 Å². The molecular formula is C21H35N3O3. The quantitative estimate of drug-likeness (QED) is 0.624. The van der Waals surface area contributed by atoms with Crippen molar-refractivity contribution < 1.29 is 14.3 Å². The van der Waals surface area contributed by atoms with E-state index < -0.39 is 0 Å². The van der Waals surface area contributed by atoms with Gasteiger partial charge < -0.3 is 19.3 Å². The zero-order chi connectivity index (χ0) is 19.6. The maximum atomic E-state index is 12.4. The number of piperidine rings is 1. The summed E-state index contributed by atoms with van der Waals surface area (Å²) in [4.78, 5) is 19.0. The van der Waals surface area contributed by atoms with Crippen molar-refractivity contribution in [3.8, 4) is 5.75 Å². The summed E-state index contributed by atoms with van der Waals surface area (Å²) < 4.78 is 10.6. The minimum absolute atomic E-state index is 0.0844. The lowest BCUT2D eigenvalue weighted by atomic mass is 9.96. The second kappa shape index (κ2) is 11.3. The number of ether oxygens (including phenoxy) is 2. The third kappa shape index (κ3) is 7.13. The molecule has 1 aromatic carbocycles. The van der Waals surface area contributed by atoms with Crippen LogP contribution in [0.2, 0.25) is 0 Å². The van der Waals surface area contributed by atoms with Crippen LogP contribution in [-0.4, -0.2) is 88.3 Å². The Labute approximate surface area is 164 Å². The van der Waals surface area contributed by atoms with Crippen LogP contribution in [0.4, 0.5) is 0 Å². The standard InChI is InChI=1S/C21H35N3O3/c1-22(2)12-13-24(21(25)17-26-3)15-18-8-7-11-23(14-18)16-19-9-5-6-10-20(19)27-4/h5-6,9-10,18H,7-8,11-17H2,1-4H3. The monoisotopic (exact) mass is 377 g/mol. The third-order valence-electron chi connectivity index (χ3n) is 5.11. The largest absolute Gasteiger partial charge is 0.496 e. The highest BCUT2D eigenvalue weighted by molar-refractivity contribution is 5.77. The van der Waals surface area contributed by atoms with E-state index in [1.165, 1.54) is 18.4 Å². The first-order valence-electron chi connectivity index (χ1n) is 9.79. The number of nitrogens with zero attached hydrogens (tertiary/aromatic N) is 3. The molecule has 1 saturated heterocycles. The van der Waals surface area contributed by atoms with Gasteiger partial charge >= 0.3 is 0 Å². The van der Waals surface area contributed by atoms with Gasteiger partial charge in [-0.25, -0.2) is 0 Å². The van der Waals surface area contributed by atoms with Crippen molar-refractivity contribution in [3.05, 3.63) is 29.8 Å². The number of likely N-dealkylation sites (N-methyl/N-ethyl adjacent to an activating group) is 1. The Kier molecular flexibility index (Phi) is 9.04. The number of amides is 1. The van der Waals surface area contributed by atoms with Gasteiger partial charge in [0.1, 0.15) is 12.4 Å². The zero-order valence-corrected chi connectivity index (χ0v) is 17.3. The fraction of sp³-hybridized carbons (Fsp3) is 0.667. The van der Waals surface area contributed by atoms with E-state index >= 15 is 0 Å². The van der Waals surface area contributed by atoms with Crippen LogP contribution in [0, 0.1) is 5.92 Å². The molecule has 1 unspecified atom stereocenters. The second-order valence-electron chi connectivity index (χ2n) is 7.63. The van der Waals surface area contributed by atoms with Crippen LogP contribution in [-0.2, 0) is 16.1 Å². The summed E-state index contributed by atoms with van der Waals surface area (Å²) in [5, 5.41) is 0. The van der Waals surface area contributed by atoms with E-state index in [1.54, 1.807) is 14.2 Å². The van der Waals surface area contributed by atoms with Gasteiger partial charge in [-0.3, -0.25) is 9.69 Å². The first kappa shape index (κ1) is 21.7. The fourth-order valence-corrected chi connectivity index (χ4v) is 3.68. The molecular weight excluding hydrogens is 342 g/mol. The molecule has 1 fully saturated rings. The third-order valence-corrected chi connectivity index (χ3v) is 5.11. The van der Waals surface area contributed by atoms with E-state index in [2.05, 4.69) is 21.9 Å². The molecule has 0 saturated carbocycles. The average Bonchev–Trinajstić information content (AvgIpc) is 2.66. The number of hydrogen-bond donors (Lipinski definition) is 0. The number of methoxy groups -OCH3 is 2. The molecule has 0 N–H and O–H groups in total. The minimum atomic E-state index is 0.0844. The Morgan fingerprint density at radius 3 is 2.70 bits per heavy atom. The predicted molar refractivity (Wildman–Crippen MR) is 108 cm³/mol. The Morgan fingerprint density at radius 2 is 2.00 bits per heavy atom. The molecule has 0 radical (unpaired) electrons. The first-order valence-corrected chi connectivity index (χ1v) is 9.79. The van der Waals surface area contributed by atoms with Crippen molar-refractivity contribution in [1.29, 1.82) is 0 Å². The summed E-state index contributed by atoms with van der Waals surface area (Å²) in [5.41, 5.74) is 1.22. The molecule has 2 rings (SSSR count). The molecule has 0 aliphatic carbocycles. The van der Waals surface area contributed by atoms with Crippen LogP contribution in [0.15, 0.2) is 24.3 Å². The number of rotatable bonds is 10. The van der Waals surface area contributed by atoms with Gasteiger partial charge in [0.25, 0.3) is 0 Å². The van der Waals surface area contributed by atoms with Crippen LogP contribution < -0.4 is 4.74 Å². The molecule has 6 nitrogen and oxygen atoms in total. The van der Waals surface area contributed by atoms with E-state index in [0.29, 0.717) is 5.92 Å². The molecule has 27 heavy (non-hydrogen) atoms. The molecule has 0 bridgehead atoms. The zero-order valence-electron chi connectivity index (χ0n) is 17.3. The number of para-hydroxylation sites is 1. The van der Waals surface area contributed by atoms with Crippen molar-refractivity contribution in [2.75, 3.05) is 67.6 Å². The van der Waals surface area contributed by atoms with Gasteiger partial charge in [-0.05, 0) is 45.5 Å². The molecule has 0 aromatic heterocycles. The average molecular weight is 378 g/mol. The van der Waals surface area contributed by atoms with Crippen LogP contribution in [0.3, 0.4) is 0 Å². The number of likely N-dealkylation sites (tertiary alicyclic amines) is 1. The second-order valence-corrected chi connectivity index (χ2v) is 7.63. The summed E-state index contributed by atoms with van der Waals surface area (Å²) in [6.07, 6.45) is 2.33. The fourth-order valence-electron chi connectivity index (χ4n) is 3.68. The molecule has 1 aromatic rings. The first-order chi connectivity index (χ1) is 13.0. The van der Waals surface area contributed by atoms with Crippen LogP contribution in [0.5, 0.6) is 5.75 Å². The highest BCUT2D eigenvalue weighted by Crippen LogP contribution is 2.24. The number of benzene rings is 1. The van der Waals surface area contributed by atoms with Gasteiger partial charge in [0.05, 0.1) is 7.11 Å². The molecule has 1 heterocycles. The summed E-state index contributed by atoms with van der Waals surface area (Å²) >= 11 is 0. The van der Waals surface area contributed by atoms with Gasteiger partial charge in [0.15, 0.2) is 0 Å². The Hall–Kier alpha value is -1.63. The summed E-state index contributed by atoms with van der Waals surface area (Å²) in [6.45, 7) is 5.58. The van der Waals surface area contributed by atoms with Gasteiger partial charge in [0.2, 0.25) is 5.91 Å². The van der Waals surface area contributed by atoms with Gasteiger partial charge in [-0.2, -0.15) is 0 Å². The maximum absolute atomic E-state index is 12.4. The minimum Gasteiger partial charge on any atom is -0.496 e. The molecule has 1 atom stereocenters. The molecule has 0 spiro atoms. The van der Waals surface area contributed by atoms with Gasteiger partial charge in [-0.15, -0.1) is 0 Å². The van der Waals surface area contributed by atoms with Crippen molar-refractivity contribution in [2.45, 2.75) is 19.4 Å². The summed E-state index contributed by atoms with van der Waals surface area (Å²) in [5.74, 6) is 1.53. The van der Waals surface area contributed by atoms with Crippen LogP contribution in [0.25, 0.3) is 0 Å². The summed E-state index contributed by atoms with van der Waals surface area (Å²) in [7, 11) is 7.38. The Bertz CT molecular complexity index is 580. The van der Waals surface area contributed by atoms with E-state index in [4.69, 9.17) is 9.47 Å². The Morgan fingerprint density at radius 1 is 1.22 bits per heavy atom. The lowest BCUT2D eigenvalue weighted by molar-refractivity contribution is -0.136. The van der Waals surface area contributed by atoms with E-state index in [9.17, 15) is 4.79 Å². The number of hydrogen-bond acceptors (Lipinski definition) is 5. The lowest BCUT2D eigenvalue weighted by Gasteiger charge is -2.36. The molecule has 1 aliphatic rings. The maximum Gasteiger partial charge on any atom is 0.248 e. The van der Waals surface area contributed by atoms with Crippen LogP contribution >= 0.6 is 0 Å². The SMILES string of the molecule is COCC(=O)N(CCN(C)C)CC1CCCN(Cc2ccccc2OC)C1. The topological polar surface area (TPSA) is 45.2 Å². The Balaban J connectivity index is 1.95. The molecule has 152 valence electrons. The molecule has 6 heteroatoms. The smallest absolute Gasteiger partial charge is 0.248 e. The van der Waals surface area contributed by atoms with Crippen molar-refractivity contribution in [3.63, 3.8) is 0 Å². The molecule has 1 amide bonds. The molecule has 1 aliphatic heterocycles. The highest BCUT2D eigenvalue weighted by atomic mass is 16.5. The highest BCUT2D eigenvalue weighted by Gasteiger charge is 2.25. The van der Waals surface area contributed by atoms with Gasteiger partial charge in [-0.1, -0.05) is 18.2 Å². The van der Waals surface area contributed by atoms with Crippen molar-refractivity contribution in [1.82, 2.24) is 14.7 Å². The summed E-state index contributed by atoms with van der Waals surface area (Å²) in [6, 6.07) is 8.22. The van der Waals surface area contributed by atoms with Gasteiger partial charge in [0, 0.05) is 45.4 Å². The predicted octanol–water partition coefficient (Wildman–Crippen LogP) is 1.94. The lowest BCUT2D eigenvalue weighted by Crippen LogP contribution is -2.45. The normalized spacial score (nSPS) is 17.9. The van der Waals surface area contributed by atoms with E-state index in [1.807, 2.05) is 31.1 Å². The van der Waals surface area contributed by atoms with Crippen molar-refractivity contribution >= 4 is 5.91 Å².